The van der Waals surface area contributed by atoms with Gasteiger partial charge < -0.3 is 15.5 Å². The van der Waals surface area contributed by atoms with Gasteiger partial charge in [-0.15, -0.1) is 0 Å². The zero-order chi connectivity index (χ0) is 12.6. The predicted octanol–water partition coefficient (Wildman–Crippen LogP) is -1.90. The van der Waals surface area contributed by atoms with Gasteiger partial charge in [0.15, 0.2) is 6.29 Å². The first-order chi connectivity index (χ1) is 7.35. The van der Waals surface area contributed by atoms with Gasteiger partial charge in [-0.05, 0) is 6.92 Å². The van der Waals surface area contributed by atoms with Crippen molar-refractivity contribution in [3.8, 4) is 0 Å². The monoisotopic (exact) mass is 256 g/mol. The molecule has 1 saturated heterocycles. The minimum Gasteiger partial charge on any atom is -0.367 e. The van der Waals surface area contributed by atoms with Gasteiger partial charge in [-0.3, -0.25) is 9.45 Å². The molecule has 0 bridgehead atoms. The average molecular weight is 256 g/mol. The topological polar surface area (TPSA) is 110 Å². The molecule has 1 rings (SSSR count). The van der Waals surface area contributed by atoms with Crippen LogP contribution in [0.5, 0.6) is 0 Å². The number of aliphatic hydroxyl groups excluding tert-OH is 1. The van der Waals surface area contributed by atoms with Gasteiger partial charge in [0.25, 0.3) is 10.1 Å². The Morgan fingerprint density at radius 3 is 2.06 bits per heavy atom. The highest BCUT2D eigenvalue weighted by Crippen LogP contribution is 1.92. The Hall–Kier alpha value is -0.250. The highest BCUT2D eigenvalue weighted by atomic mass is 32.2. The molecule has 1 aliphatic rings. The smallest absolute Gasteiger partial charge is 0.264 e. The van der Waals surface area contributed by atoms with Gasteiger partial charge >= 0.3 is 0 Å². The van der Waals surface area contributed by atoms with E-state index < -0.39 is 16.4 Å². The SMILES string of the molecule is CCS(=O)(=O)O.OC(O)CN1CCNCC1. The second-order valence-corrected chi connectivity index (χ2v) is 5.14. The minimum atomic E-state index is -3.66. The lowest BCUT2D eigenvalue weighted by Gasteiger charge is -2.27. The lowest BCUT2D eigenvalue weighted by Crippen LogP contribution is -2.46. The molecule has 0 atom stereocenters. The highest BCUT2D eigenvalue weighted by Gasteiger charge is 2.11. The van der Waals surface area contributed by atoms with Crippen LogP contribution in [0.2, 0.25) is 0 Å². The van der Waals surface area contributed by atoms with E-state index in [9.17, 15) is 8.42 Å². The van der Waals surface area contributed by atoms with Crippen LogP contribution < -0.4 is 5.32 Å². The van der Waals surface area contributed by atoms with Crippen LogP contribution in [0.3, 0.4) is 0 Å². The van der Waals surface area contributed by atoms with Gasteiger partial charge in [-0.25, -0.2) is 0 Å². The molecule has 0 saturated carbocycles. The lowest BCUT2D eigenvalue weighted by molar-refractivity contribution is -0.0625. The maximum absolute atomic E-state index is 9.56. The van der Waals surface area contributed by atoms with E-state index in [1.54, 1.807) is 0 Å². The van der Waals surface area contributed by atoms with Crippen LogP contribution in [0.4, 0.5) is 0 Å². The number of nitrogens with zero attached hydrogens (tertiary/aromatic N) is 1. The van der Waals surface area contributed by atoms with Crippen LogP contribution in [0.25, 0.3) is 0 Å². The molecule has 0 spiro atoms. The number of aliphatic hydroxyl groups is 2. The second-order valence-electron chi connectivity index (χ2n) is 3.40. The van der Waals surface area contributed by atoms with E-state index in [0.29, 0.717) is 6.54 Å². The Balaban J connectivity index is 0.000000325. The molecule has 1 fully saturated rings. The summed E-state index contributed by atoms with van der Waals surface area (Å²) in [5.74, 6) is -0.201. The highest BCUT2D eigenvalue weighted by molar-refractivity contribution is 7.85. The van der Waals surface area contributed by atoms with Gasteiger partial charge in [0, 0.05) is 32.7 Å². The molecule has 16 heavy (non-hydrogen) atoms. The molecule has 0 radical (unpaired) electrons. The zero-order valence-corrected chi connectivity index (χ0v) is 10.2. The van der Waals surface area contributed by atoms with Crippen molar-refractivity contribution in [1.29, 1.82) is 0 Å². The maximum atomic E-state index is 9.56. The largest absolute Gasteiger partial charge is 0.367 e. The van der Waals surface area contributed by atoms with Crippen LogP contribution >= 0.6 is 0 Å². The van der Waals surface area contributed by atoms with Crippen molar-refractivity contribution >= 4 is 10.1 Å². The molecule has 0 aromatic heterocycles. The van der Waals surface area contributed by atoms with Crippen molar-refractivity contribution < 1.29 is 23.2 Å². The fourth-order valence-corrected chi connectivity index (χ4v) is 1.12. The summed E-state index contributed by atoms with van der Waals surface area (Å²) in [5, 5.41) is 20.4. The molecule has 0 aromatic rings. The zero-order valence-electron chi connectivity index (χ0n) is 9.33. The molecule has 7 nitrogen and oxygen atoms in total. The molecule has 0 unspecified atom stereocenters. The predicted molar refractivity (Wildman–Crippen MR) is 59.6 cm³/mol. The standard InChI is InChI=1S/C6H14N2O2.C2H6O3S/c9-6(10)5-8-3-1-7-2-4-8;1-2-6(3,4)5/h6-7,9-10H,1-5H2;2H2,1H3,(H,3,4,5). The third kappa shape index (κ3) is 10.3. The summed E-state index contributed by atoms with van der Waals surface area (Å²) in [6.45, 7) is 5.48. The number of rotatable bonds is 3. The van der Waals surface area contributed by atoms with Gasteiger partial charge in [0.05, 0.1) is 5.75 Å². The first-order valence-corrected chi connectivity index (χ1v) is 6.70. The molecule has 1 heterocycles. The molecule has 98 valence electrons. The Morgan fingerprint density at radius 2 is 1.75 bits per heavy atom. The molecule has 1 aliphatic heterocycles. The Kier molecular flexibility index (Phi) is 7.81. The van der Waals surface area contributed by atoms with E-state index in [0.717, 1.165) is 26.2 Å². The van der Waals surface area contributed by atoms with Crippen LogP contribution in [-0.2, 0) is 10.1 Å². The summed E-state index contributed by atoms with van der Waals surface area (Å²) in [6, 6.07) is 0. The molecule has 0 amide bonds. The van der Waals surface area contributed by atoms with Crippen LogP contribution in [-0.4, -0.2) is 72.9 Å². The van der Waals surface area contributed by atoms with Crippen LogP contribution in [0.15, 0.2) is 0 Å². The van der Waals surface area contributed by atoms with E-state index >= 15 is 0 Å². The van der Waals surface area contributed by atoms with Crippen LogP contribution in [0, 0.1) is 0 Å². The second kappa shape index (κ2) is 7.93. The number of hydrogen-bond donors (Lipinski definition) is 4. The first-order valence-electron chi connectivity index (χ1n) is 5.09. The number of nitrogens with one attached hydrogen (secondary N) is 1. The van der Waals surface area contributed by atoms with Gasteiger partial charge in [-0.2, -0.15) is 8.42 Å². The van der Waals surface area contributed by atoms with E-state index in [1.165, 1.54) is 6.92 Å². The van der Waals surface area contributed by atoms with Gasteiger partial charge in [0.2, 0.25) is 0 Å². The fourth-order valence-electron chi connectivity index (χ4n) is 1.12. The molecule has 4 N–H and O–H groups in total. The summed E-state index contributed by atoms with van der Waals surface area (Å²) in [4.78, 5) is 2.03. The Bertz CT molecular complexity index is 262. The van der Waals surface area contributed by atoms with Crippen molar-refractivity contribution in [3.05, 3.63) is 0 Å². The van der Waals surface area contributed by atoms with E-state index in [2.05, 4.69) is 5.32 Å². The summed E-state index contributed by atoms with van der Waals surface area (Å²) >= 11 is 0. The Labute approximate surface area is 95.8 Å². The normalized spacial score (nSPS) is 18.1. The first kappa shape index (κ1) is 15.8. The molecule has 0 aliphatic carbocycles. The third-order valence-electron chi connectivity index (χ3n) is 2.00. The molecule has 8 heteroatoms. The fraction of sp³-hybridized carbons (Fsp3) is 1.00. The molecular formula is C8H20N2O5S. The lowest BCUT2D eigenvalue weighted by atomic mass is 10.3. The van der Waals surface area contributed by atoms with Crippen molar-refractivity contribution in [3.63, 3.8) is 0 Å². The Morgan fingerprint density at radius 1 is 1.31 bits per heavy atom. The summed E-state index contributed by atoms with van der Waals surface area (Å²) in [7, 11) is -3.66. The molecule has 0 aromatic carbocycles. The van der Waals surface area contributed by atoms with E-state index in [-0.39, 0.29) is 5.75 Å². The summed E-state index contributed by atoms with van der Waals surface area (Å²) in [5.41, 5.74) is 0. The van der Waals surface area contributed by atoms with Crippen molar-refractivity contribution in [1.82, 2.24) is 10.2 Å². The molecular weight excluding hydrogens is 236 g/mol. The van der Waals surface area contributed by atoms with Crippen molar-refractivity contribution in [2.45, 2.75) is 13.2 Å². The minimum absolute atomic E-state index is 0.201. The number of hydrogen-bond acceptors (Lipinski definition) is 6. The third-order valence-corrected chi connectivity index (χ3v) is 2.73. The summed E-state index contributed by atoms with van der Waals surface area (Å²) < 4.78 is 26.9. The number of β-amino-alcohol motifs (C(OH)–C–C–N with tert-alkyl or cyclic N) is 2. The number of piperazine rings is 1. The van der Waals surface area contributed by atoms with Crippen molar-refractivity contribution in [2.75, 3.05) is 38.5 Å². The van der Waals surface area contributed by atoms with Gasteiger partial charge in [0.1, 0.15) is 0 Å². The summed E-state index contributed by atoms with van der Waals surface area (Å²) in [6.07, 6.45) is -1.18. The average Bonchev–Trinajstić information content (AvgIpc) is 2.18. The van der Waals surface area contributed by atoms with Crippen molar-refractivity contribution in [2.24, 2.45) is 0 Å². The maximum Gasteiger partial charge on any atom is 0.264 e. The quantitative estimate of drug-likeness (QED) is 0.345. The van der Waals surface area contributed by atoms with E-state index in [4.69, 9.17) is 14.8 Å². The van der Waals surface area contributed by atoms with Crippen LogP contribution in [0.1, 0.15) is 6.92 Å². The van der Waals surface area contributed by atoms with E-state index in [1.807, 2.05) is 4.90 Å². The van der Waals surface area contributed by atoms with Gasteiger partial charge in [-0.1, -0.05) is 0 Å².